The summed E-state index contributed by atoms with van der Waals surface area (Å²) in [7, 11) is 0. The second kappa shape index (κ2) is 4.96. The number of rotatable bonds is 3. The van der Waals surface area contributed by atoms with Crippen LogP contribution in [-0.2, 0) is 0 Å². The quantitative estimate of drug-likeness (QED) is 0.896. The molecule has 0 fully saturated rings. The van der Waals surface area contributed by atoms with Crippen LogP contribution in [0, 0.1) is 0 Å². The molecule has 0 bridgehead atoms. The van der Waals surface area contributed by atoms with E-state index in [2.05, 4.69) is 9.97 Å². The van der Waals surface area contributed by atoms with Crippen LogP contribution in [0.15, 0.2) is 36.8 Å². The molecule has 4 heteroatoms. The van der Waals surface area contributed by atoms with Crippen molar-refractivity contribution in [2.24, 2.45) is 5.73 Å². The molecule has 1 amide bonds. The number of hydrogen-bond donors (Lipinski definition) is 1. The molecule has 0 spiro atoms. The summed E-state index contributed by atoms with van der Waals surface area (Å²) < 4.78 is 0. The minimum absolute atomic E-state index is 0.163. The maximum absolute atomic E-state index is 11.5. The maximum atomic E-state index is 11.5. The van der Waals surface area contributed by atoms with Crippen LogP contribution in [0.25, 0.3) is 11.1 Å². The summed E-state index contributed by atoms with van der Waals surface area (Å²) in [6.45, 7) is 4.03. The third-order valence-electron chi connectivity index (χ3n) is 2.77. The zero-order valence-electron chi connectivity index (χ0n) is 10.4. The number of pyridine rings is 2. The Bertz CT molecular complexity index is 565. The third-order valence-corrected chi connectivity index (χ3v) is 2.77. The van der Waals surface area contributed by atoms with Crippen LogP contribution >= 0.6 is 0 Å². The monoisotopic (exact) mass is 241 g/mol. The van der Waals surface area contributed by atoms with Gasteiger partial charge in [0, 0.05) is 24.2 Å². The van der Waals surface area contributed by atoms with Gasteiger partial charge < -0.3 is 5.73 Å². The molecule has 92 valence electrons. The van der Waals surface area contributed by atoms with Crippen molar-refractivity contribution in [3.8, 4) is 11.1 Å². The lowest BCUT2D eigenvalue weighted by atomic mass is 9.92. The molecule has 0 unspecified atom stereocenters. The summed E-state index contributed by atoms with van der Waals surface area (Å²) in [6, 6.07) is 5.71. The zero-order valence-corrected chi connectivity index (χ0v) is 10.4. The molecule has 2 aromatic heterocycles. The van der Waals surface area contributed by atoms with Crippen molar-refractivity contribution in [3.05, 3.63) is 48.0 Å². The van der Waals surface area contributed by atoms with Crippen molar-refractivity contribution in [2.45, 2.75) is 19.8 Å². The van der Waals surface area contributed by atoms with E-state index >= 15 is 0 Å². The SMILES string of the molecule is CC(C)c1c(-c2cccnc2)ccnc1C(N)=O. The Morgan fingerprint density at radius 2 is 2.06 bits per heavy atom. The molecule has 0 aliphatic heterocycles. The van der Waals surface area contributed by atoms with Gasteiger partial charge >= 0.3 is 0 Å². The average Bonchev–Trinajstić information content (AvgIpc) is 2.38. The molecular formula is C14H15N3O. The van der Waals surface area contributed by atoms with Crippen LogP contribution in [-0.4, -0.2) is 15.9 Å². The molecule has 2 aromatic rings. The number of nitrogens with two attached hydrogens (primary N) is 1. The van der Waals surface area contributed by atoms with Gasteiger partial charge in [0.2, 0.25) is 0 Å². The topological polar surface area (TPSA) is 68.9 Å². The van der Waals surface area contributed by atoms with Crippen molar-refractivity contribution in [3.63, 3.8) is 0 Å². The summed E-state index contributed by atoms with van der Waals surface area (Å²) in [5.74, 6) is -0.333. The number of amides is 1. The van der Waals surface area contributed by atoms with Crippen LogP contribution in [0.3, 0.4) is 0 Å². The van der Waals surface area contributed by atoms with Gasteiger partial charge in [-0.1, -0.05) is 19.9 Å². The largest absolute Gasteiger partial charge is 0.364 e. The Morgan fingerprint density at radius 1 is 1.28 bits per heavy atom. The standard InChI is InChI=1S/C14H15N3O/c1-9(2)12-11(10-4-3-6-16-8-10)5-7-17-13(12)14(15)18/h3-9H,1-2H3,(H2,15,18). The first-order valence-corrected chi connectivity index (χ1v) is 5.80. The number of primary amides is 1. The van der Waals surface area contributed by atoms with Crippen LogP contribution in [0.1, 0.15) is 35.8 Å². The lowest BCUT2D eigenvalue weighted by Gasteiger charge is -2.15. The van der Waals surface area contributed by atoms with Gasteiger partial charge in [0.05, 0.1) is 0 Å². The number of carbonyl (C=O) groups is 1. The van der Waals surface area contributed by atoms with E-state index in [4.69, 9.17) is 5.73 Å². The van der Waals surface area contributed by atoms with Gasteiger partial charge in [-0.15, -0.1) is 0 Å². The number of hydrogen-bond acceptors (Lipinski definition) is 3. The summed E-state index contributed by atoms with van der Waals surface area (Å²) in [5, 5.41) is 0. The van der Waals surface area contributed by atoms with Crippen molar-refractivity contribution in [1.82, 2.24) is 9.97 Å². The normalized spacial score (nSPS) is 10.6. The van der Waals surface area contributed by atoms with Gasteiger partial charge in [0.15, 0.2) is 0 Å². The van der Waals surface area contributed by atoms with E-state index in [0.717, 1.165) is 16.7 Å². The molecule has 0 radical (unpaired) electrons. The van der Waals surface area contributed by atoms with Gasteiger partial charge in [-0.05, 0) is 29.2 Å². The first-order chi connectivity index (χ1) is 8.61. The Labute approximate surface area is 106 Å². The highest BCUT2D eigenvalue weighted by Crippen LogP contribution is 2.30. The molecule has 0 aliphatic rings. The summed E-state index contributed by atoms with van der Waals surface area (Å²) >= 11 is 0. The first-order valence-electron chi connectivity index (χ1n) is 5.80. The van der Waals surface area contributed by atoms with Gasteiger partial charge in [0.25, 0.3) is 5.91 Å². The second-order valence-electron chi connectivity index (χ2n) is 4.38. The molecule has 0 saturated carbocycles. The lowest BCUT2D eigenvalue weighted by molar-refractivity contribution is 0.0994. The van der Waals surface area contributed by atoms with Gasteiger partial charge in [-0.2, -0.15) is 0 Å². The Hall–Kier alpha value is -2.23. The molecule has 4 nitrogen and oxygen atoms in total. The highest BCUT2D eigenvalue weighted by Gasteiger charge is 2.17. The maximum Gasteiger partial charge on any atom is 0.267 e. The lowest BCUT2D eigenvalue weighted by Crippen LogP contribution is -2.17. The van der Waals surface area contributed by atoms with E-state index in [9.17, 15) is 4.79 Å². The minimum atomic E-state index is -0.496. The van der Waals surface area contributed by atoms with E-state index in [1.54, 1.807) is 18.6 Å². The zero-order chi connectivity index (χ0) is 13.1. The van der Waals surface area contributed by atoms with Gasteiger partial charge in [-0.25, -0.2) is 0 Å². The summed E-state index contributed by atoms with van der Waals surface area (Å²) in [6.07, 6.45) is 5.09. The predicted molar refractivity (Wildman–Crippen MR) is 70.1 cm³/mol. The first kappa shape index (κ1) is 12.2. The molecule has 0 aliphatic carbocycles. The van der Waals surface area contributed by atoms with Crippen LogP contribution in [0.2, 0.25) is 0 Å². The Balaban J connectivity index is 2.68. The van der Waals surface area contributed by atoms with Crippen molar-refractivity contribution in [1.29, 1.82) is 0 Å². The smallest absolute Gasteiger partial charge is 0.267 e. The summed E-state index contributed by atoms with van der Waals surface area (Å²) in [4.78, 5) is 19.6. The molecule has 2 N–H and O–H groups in total. The molecule has 2 rings (SSSR count). The molecule has 2 heterocycles. The fourth-order valence-corrected chi connectivity index (χ4v) is 2.03. The van der Waals surface area contributed by atoms with Crippen LogP contribution < -0.4 is 5.73 Å². The highest BCUT2D eigenvalue weighted by atomic mass is 16.1. The van der Waals surface area contributed by atoms with Crippen LogP contribution in [0.5, 0.6) is 0 Å². The number of aromatic nitrogens is 2. The van der Waals surface area contributed by atoms with E-state index < -0.39 is 5.91 Å². The van der Waals surface area contributed by atoms with E-state index in [1.165, 1.54) is 0 Å². The van der Waals surface area contributed by atoms with E-state index in [-0.39, 0.29) is 5.92 Å². The number of nitrogens with zero attached hydrogens (tertiary/aromatic N) is 2. The molecule has 0 aromatic carbocycles. The molecule has 0 atom stereocenters. The van der Waals surface area contributed by atoms with E-state index in [1.807, 2.05) is 32.0 Å². The van der Waals surface area contributed by atoms with Crippen molar-refractivity contribution >= 4 is 5.91 Å². The fraction of sp³-hybridized carbons (Fsp3) is 0.214. The summed E-state index contributed by atoms with van der Waals surface area (Å²) in [5.41, 5.74) is 8.52. The second-order valence-corrected chi connectivity index (χ2v) is 4.38. The minimum Gasteiger partial charge on any atom is -0.364 e. The molecule has 0 saturated heterocycles. The molecular weight excluding hydrogens is 226 g/mol. The number of carbonyl (C=O) groups excluding carboxylic acids is 1. The average molecular weight is 241 g/mol. The van der Waals surface area contributed by atoms with Gasteiger partial charge in [0.1, 0.15) is 5.69 Å². The molecule has 18 heavy (non-hydrogen) atoms. The fourth-order valence-electron chi connectivity index (χ4n) is 2.03. The Morgan fingerprint density at radius 3 is 2.61 bits per heavy atom. The highest BCUT2D eigenvalue weighted by molar-refractivity contribution is 5.94. The van der Waals surface area contributed by atoms with Gasteiger partial charge in [-0.3, -0.25) is 14.8 Å². The Kier molecular flexibility index (Phi) is 3.37. The van der Waals surface area contributed by atoms with Crippen molar-refractivity contribution in [2.75, 3.05) is 0 Å². The predicted octanol–water partition coefficient (Wildman–Crippen LogP) is 2.37. The third kappa shape index (κ3) is 2.22. The van der Waals surface area contributed by atoms with E-state index in [0.29, 0.717) is 5.69 Å². The van der Waals surface area contributed by atoms with Crippen LogP contribution in [0.4, 0.5) is 0 Å². The van der Waals surface area contributed by atoms with Crippen molar-refractivity contribution < 1.29 is 4.79 Å².